The highest BCUT2D eigenvalue weighted by Gasteiger charge is 2.15. The van der Waals surface area contributed by atoms with Crippen LogP contribution in [0.15, 0.2) is 72.3 Å². The maximum absolute atomic E-state index is 13.0. The molecule has 3 rings (SSSR count). The van der Waals surface area contributed by atoms with E-state index in [2.05, 4.69) is 0 Å². The zero-order valence-corrected chi connectivity index (χ0v) is 19.5. The predicted molar refractivity (Wildman–Crippen MR) is 135 cm³/mol. The molecule has 0 atom stereocenters. The Labute approximate surface area is 207 Å². The molecule has 0 amide bonds. The maximum Gasteiger partial charge on any atom is 0.189 e. The van der Waals surface area contributed by atoms with Crippen molar-refractivity contribution in [3.05, 3.63) is 89.0 Å². The van der Waals surface area contributed by atoms with Gasteiger partial charge < -0.3 is 29.9 Å². The summed E-state index contributed by atoms with van der Waals surface area (Å²) in [6.45, 7) is 0. The summed E-state index contributed by atoms with van der Waals surface area (Å²) in [5.41, 5.74) is 1.23. The maximum atomic E-state index is 13.0. The molecule has 4 N–H and O–H groups in total. The summed E-state index contributed by atoms with van der Waals surface area (Å²) in [5.74, 6) is -1.64. The molecule has 0 saturated carbocycles. The van der Waals surface area contributed by atoms with Gasteiger partial charge in [0.05, 0.1) is 19.8 Å². The van der Waals surface area contributed by atoms with E-state index in [0.29, 0.717) is 16.7 Å². The molecular weight excluding hydrogens is 464 g/mol. The standard InChI is InChI=1S/C28H24O8/c1-35-27-15-17(5-11-24(27)32)3-8-21(29)20(13-19-7-10-23(31)26(34)14-19)22(30)9-4-18-6-12-25(33)28(16-18)36-2/h3-16,31-34H,1-2H3/b8-3+,9-4+. The van der Waals surface area contributed by atoms with Crippen molar-refractivity contribution in [1.82, 2.24) is 0 Å². The SMILES string of the molecule is COc1cc(/C=C/C(=O)C(=Cc2ccc(O)c(O)c2)C(=O)/C=C/c2ccc(O)c(OC)c2)ccc1O. The van der Waals surface area contributed by atoms with Crippen molar-refractivity contribution in [3.8, 4) is 34.5 Å². The number of methoxy groups -OCH3 is 2. The number of ketones is 2. The number of aromatic hydroxyl groups is 4. The van der Waals surface area contributed by atoms with Crippen LogP contribution in [0, 0.1) is 0 Å². The van der Waals surface area contributed by atoms with Gasteiger partial charge in [0, 0.05) is 0 Å². The summed E-state index contributed by atoms with van der Waals surface area (Å²) in [6, 6.07) is 12.9. The number of hydrogen-bond donors (Lipinski definition) is 4. The second kappa shape index (κ2) is 11.4. The smallest absolute Gasteiger partial charge is 0.189 e. The molecule has 0 unspecified atom stereocenters. The fourth-order valence-corrected chi connectivity index (χ4v) is 3.18. The Bertz CT molecular complexity index is 1300. The Morgan fingerprint density at radius 3 is 1.50 bits per heavy atom. The molecule has 36 heavy (non-hydrogen) atoms. The van der Waals surface area contributed by atoms with Gasteiger partial charge in [0.15, 0.2) is 46.1 Å². The Morgan fingerprint density at radius 1 is 0.611 bits per heavy atom. The lowest BCUT2D eigenvalue weighted by atomic mass is 10.0. The van der Waals surface area contributed by atoms with Gasteiger partial charge in [-0.2, -0.15) is 0 Å². The van der Waals surface area contributed by atoms with Crippen molar-refractivity contribution in [3.63, 3.8) is 0 Å². The van der Waals surface area contributed by atoms with E-state index in [1.165, 1.54) is 87.1 Å². The number of rotatable bonds is 9. The van der Waals surface area contributed by atoms with Crippen LogP contribution >= 0.6 is 0 Å². The second-order valence-electron chi connectivity index (χ2n) is 7.56. The zero-order valence-electron chi connectivity index (χ0n) is 19.5. The molecule has 0 radical (unpaired) electrons. The highest BCUT2D eigenvalue weighted by molar-refractivity contribution is 6.31. The number of carbonyl (C=O) groups is 2. The molecule has 0 heterocycles. The summed E-state index contributed by atoms with van der Waals surface area (Å²) in [4.78, 5) is 26.1. The molecule has 0 aliphatic heterocycles. The molecule has 0 aliphatic carbocycles. The van der Waals surface area contributed by atoms with Crippen molar-refractivity contribution in [2.24, 2.45) is 0 Å². The zero-order chi connectivity index (χ0) is 26.2. The van der Waals surface area contributed by atoms with E-state index < -0.39 is 17.3 Å². The van der Waals surface area contributed by atoms with E-state index in [1.54, 1.807) is 12.1 Å². The molecule has 0 aliphatic rings. The first-order valence-corrected chi connectivity index (χ1v) is 10.6. The molecule has 184 valence electrons. The van der Waals surface area contributed by atoms with E-state index in [0.717, 1.165) is 0 Å². The van der Waals surface area contributed by atoms with E-state index in [-0.39, 0.29) is 34.3 Å². The molecule has 0 bridgehead atoms. The van der Waals surface area contributed by atoms with Crippen LogP contribution < -0.4 is 9.47 Å². The van der Waals surface area contributed by atoms with E-state index >= 15 is 0 Å². The molecule has 8 heteroatoms. The first kappa shape index (κ1) is 25.6. The lowest BCUT2D eigenvalue weighted by Crippen LogP contribution is -2.08. The van der Waals surface area contributed by atoms with Crippen LogP contribution in [-0.2, 0) is 9.59 Å². The summed E-state index contributed by atoms with van der Waals surface area (Å²) in [5, 5.41) is 38.8. The lowest BCUT2D eigenvalue weighted by Gasteiger charge is -2.05. The molecule has 3 aromatic rings. The number of phenolic OH excluding ortho intramolecular Hbond substituents is 4. The average molecular weight is 488 g/mol. The van der Waals surface area contributed by atoms with Gasteiger partial charge in [-0.15, -0.1) is 0 Å². The molecule has 0 aromatic heterocycles. The predicted octanol–water partition coefficient (Wildman–Crippen LogP) is 4.47. The lowest BCUT2D eigenvalue weighted by molar-refractivity contribution is -0.116. The number of allylic oxidation sites excluding steroid dienone is 3. The Morgan fingerprint density at radius 2 is 1.06 bits per heavy atom. The van der Waals surface area contributed by atoms with Gasteiger partial charge in [-0.1, -0.05) is 30.4 Å². The monoisotopic (exact) mass is 488 g/mol. The minimum atomic E-state index is -0.618. The van der Waals surface area contributed by atoms with Crippen molar-refractivity contribution in [2.75, 3.05) is 14.2 Å². The van der Waals surface area contributed by atoms with Crippen molar-refractivity contribution in [2.45, 2.75) is 0 Å². The molecule has 0 fully saturated rings. The van der Waals surface area contributed by atoms with Gasteiger partial charge in [-0.3, -0.25) is 9.59 Å². The summed E-state index contributed by atoms with van der Waals surface area (Å²) >= 11 is 0. The highest BCUT2D eigenvalue weighted by Crippen LogP contribution is 2.29. The highest BCUT2D eigenvalue weighted by atomic mass is 16.5. The van der Waals surface area contributed by atoms with Crippen LogP contribution in [-0.4, -0.2) is 46.2 Å². The first-order valence-electron chi connectivity index (χ1n) is 10.6. The number of ether oxygens (including phenoxy) is 2. The number of carbonyl (C=O) groups excluding carboxylic acids is 2. The third-order valence-corrected chi connectivity index (χ3v) is 5.10. The Hall–Kier alpha value is -4.98. The van der Waals surface area contributed by atoms with Crippen LogP contribution in [0.25, 0.3) is 18.2 Å². The van der Waals surface area contributed by atoms with Gasteiger partial charge in [0.25, 0.3) is 0 Å². The number of benzene rings is 3. The van der Waals surface area contributed by atoms with Crippen LogP contribution in [0.1, 0.15) is 16.7 Å². The third-order valence-electron chi connectivity index (χ3n) is 5.10. The van der Waals surface area contributed by atoms with Crippen LogP contribution in [0.5, 0.6) is 34.5 Å². The van der Waals surface area contributed by atoms with Crippen LogP contribution in [0.2, 0.25) is 0 Å². The van der Waals surface area contributed by atoms with E-state index in [9.17, 15) is 30.0 Å². The van der Waals surface area contributed by atoms with Crippen LogP contribution in [0.4, 0.5) is 0 Å². The van der Waals surface area contributed by atoms with Gasteiger partial charge >= 0.3 is 0 Å². The third kappa shape index (κ3) is 6.32. The summed E-state index contributed by atoms with van der Waals surface area (Å²) < 4.78 is 10.1. The van der Waals surface area contributed by atoms with Crippen molar-refractivity contribution < 1.29 is 39.5 Å². The normalized spacial score (nSPS) is 10.9. The van der Waals surface area contributed by atoms with Crippen molar-refractivity contribution in [1.29, 1.82) is 0 Å². The fourth-order valence-electron chi connectivity index (χ4n) is 3.18. The topological polar surface area (TPSA) is 134 Å². The number of phenols is 4. The average Bonchev–Trinajstić information content (AvgIpc) is 2.87. The molecular formula is C28H24O8. The largest absolute Gasteiger partial charge is 0.504 e. The first-order chi connectivity index (χ1) is 17.2. The van der Waals surface area contributed by atoms with Gasteiger partial charge in [-0.05, 0) is 71.3 Å². The molecule has 0 saturated heterocycles. The molecule has 0 spiro atoms. The minimum Gasteiger partial charge on any atom is -0.504 e. The van der Waals surface area contributed by atoms with Crippen LogP contribution in [0.3, 0.4) is 0 Å². The van der Waals surface area contributed by atoms with Gasteiger partial charge in [0.2, 0.25) is 0 Å². The summed E-state index contributed by atoms with van der Waals surface area (Å²) in [6.07, 6.45) is 6.64. The fraction of sp³-hybridized carbons (Fsp3) is 0.0714. The quantitative estimate of drug-likeness (QED) is 0.150. The summed E-state index contributed by atoms with van der Waals surface area (Å²) in [7, 11) is 2.80. The van der Waals surface area contributed by atoms with Gasteiger partial charge in [-0.25, -0.2) is 0 Å². The van der Waals surface area contributed by atoms with E-state index in [4.69, 9.17) is 9.47 Å². The number of hydrogen-bond acceptors (Lipinski definition) is 8. The van der Waals surface area contributed by atoms with Crippen molar-refractivity contribution >= 4 is 29.8 Å². The second-order valence-corrected chi connectivity index (χ2v) is 7.56. The Kier molecular flexibility index (Phi) is 8.14. The molecule has 3 aromatic carbocycles. The van der Waals surface area contributed by atoms with E-state index in [1.807, 2.05) is 0 Å². The molecule has 8 nitrogen and oxygen atoms in total. The Balaban J connectivity index is 1.95. The minimum absolute atomic E-state index is 0.0557. The van der Waals surface area contributed by atoms with Gasteiger partial charge in [0.1, 0.15) is 0 Å².